The fourth-order valence-corrected chi connectivity index (χ4v) is 1.55. The topological polar surface area (TPSA) is 55.1 Å². The minimum Gasteiger partial charge on any atom is -0.356 e. The zero-order chi connectivity index (χ0) is 11.7. The molecule has 3 N–H and O–H groups in total. The molecule has 0 aromatic rings. The summed E-state index contributed by atoms with van der Waals surface area (Å²) in [4.78, 5) is 11.6. The zero-order valence-corrected chi connectivity index (χ0v) is 10.4. The molecule has 1 amide bonds. The quantitative estimate of drug-likeness (QED) is 0.648. The maximum absolute atomic E-state index is 11.6. The van der Waals surface area contributed by atoms with E-state index in [4.69, 9.17) is 5.73 Å². The van der Waals surface area contributed by atoms with Gasteiger partial charge in [-0.1, -0.05) is 33.6 Å². The molecule has 15 heavy (non-hydrogen) atoms. The molecular weight excluding hydrogens is 188 g/mol. The summed E-state index contributed by atoms with van der Waals surface area (Å²) in [5, 5.41) is 3.01. The van der Waals surface area contributed by atoms with Crippen LogP contribution in [0.3, 0.4) is 0 Å². The third kappa shape index (κ3) is 6.50. The molecule has 90 valence electrons. The maximum atomic E-state index is 11.6. The molecule has 0 aliphatic rings. The molecule has 0 aromatic carbocycles. The monoisotopic (exact) mass is 214 g/mol. The number of rotatable bonds is 8. The molecule has 0 aliphatic heterocycles. The van der Waals surface area contributed by atoms with Crippen molar-refractivity contribution in [3.05, 3.63) is 0 Å². The van der Waals surface area contributed by atoms with Gasteiger partial charge >= 0.3 is 0 Å². The van der Waals surface area contributed by atoms with Gasteiger partial charge in [-0.2, -0.15) is 0 Å². The second kappa shape index (κ2) is 8.72. The Morgan fingerprint density at radius 1 is 1.33 bits per heavy atom. The highest BCUT2D eigenvalue weighted by atomic mass is 16.1. The smallest absolute Gasteiger partial charge is 0.222 e. The Morgan fingerprint density at radius 2 is 1.93 bits per heavy atom. The fraction of sp³-hybridized carbons (Fsp3) is 0.917. The highest BCUT2D eigenvalue weighted by molar-refractivity contribution is 5.78. The van der Waals surface area contributed by atoms with Gasteiger partial charge in [0, 0.05) is 12.5 Å². The molecule has 0 saturated heterocycles. The minimum atomic E-state index is 0.0999. The Kier molecular flexibility index (Phi) is 8.38. The molecule has 0 aliphatic carbocycles. The van der Waals surface area contributed by atoms with Crippen molar-refractivity contribution >= 4 is 5.91 Å². The largest absolute Gasteiger partial charge is 0.356 e. The number of nitrogens with two attached hydrogens (primary N) is 1. The molecule has 0 spiro atoms. The molecular formula is C12H26N2O. The van der Waals surface area contributed by atoms with Crippen LogP contribution in [-0.2, 0) is 4.79 Å². The molecule has 0 rings (SSSR count). The predicted molar refractivity (Wildman–Crippen MR) is 64.5 cm³/mol. The van der Waals surface area contributed by atoms with Gasteiger partial charge in [0.2, 0.25) is 5.91 Å². The first-order chi connectivity index (χ1) is 7.15. The first-order valence-corrected chi connectivity index (χ1v) is 6.13. The van der Waals surface area contributed by atoms with Gasteiger partial charge in [-0.3, -0.25) is 4.79 Å². The van der Waals surface area contributed by atoms with E-state index in [1.165, 1.54) is 0 Å². The van der Waals surface area contributed by atoms with Crippen molar-refractivity contribution in [1.82, 2.24) is 5.32 Å². The predicted octanol–water partition coefficient (Wildman–Crippen LogP) is 1.91. The highest BCUT2D eigenvalue weighted by Crippen LogP contribution is 2.08. The van der Waals surface area contributed by atoms with E-state index >= 15 is 0 Å². The molecule has 1 atom stereocenters. The number of nitrogens with one attached hydrogen (secondary N) is 1. The van der Waals surface area contributed by atoms with Gasteiger partial charge in [0.25, 0.3) is 0 Å². The van der Waals surface area contributed by atoms with Crippen LogP contribution in [0.1, 0.15) is 46.5 Å². The van der Waals surface area contributed by atoms with Gasteiger partial charge in [0.05, 0.1) is 0 Å². The maximum Gasteiger partial charge on any atom is 0.222 e. The molecule has 3 nitrogen and oxygen atoms in total. The van der Waals surface area contributed by atoms with Crippen molar-refractivity contribution in [3.63, 3.8) is 0 Å². The van der Waals surface area contributed by atoms with Gasteiger partial charge in [-0.05, 0) is 25.3 Å². The summed E-state index contributed by atoms with van der Waals surface area (Å²) in [6, 6.07) is 0. The van der Waals surface area contributed by atoms with E-state index < -0.39 is 0 Å². The fourth-order valence-electron chi connectivity index (χ4n) is 1.55. The highest BCUT2D eigenvalue weighted by Gasteiger charge is 2.13. The number of carbonyl (C=O) groups excluding carboxylic acids is 1. The van der Waals surface area contributed by atoms with E-state index in [9.17, 15) is 4.79 Å². The lowest BCUT2D eigenvalue weighted by atomic mass is 10.0. The number of amides is 1. The lowest BCUT2D eigenvalue weighted by Crippen LogP contribution is -2.33. The van der Waals surface area contributed by atoms with E-state index in [2.05, 4.69) is 19.2 Å². The zero-order valence-electron chi connectivity index (χ0n) is 10.4. The standard InChI is InChI=1S/C12H26N2O/c1-4-11(5-2)9-14-12(15)10(3)7-6-8-13/h10-11H,4-9,13H2,1-3H3,(H,14,15). The first kappa shape index (κ1) is 14.4. The molecule has 0 saturated carbocycles. The van der Waals surface area contributed by atoms with Crippen molar-refractivity contribution < 1.29 is 4.79 Å². The van der Waals surface area contributed by atoms with E-state index in [0.717, 1.165) is 32.2 Å². The molecule has 0 bridgehead atoms. The molecule has 0 radical (unpaired) electrons. The molecule has 1 unspecified atom stereocenters. The third-order valence-electron chi connectivity index (χ3n) is 3.01. The number of hydrogen-bond acceptors (Lipinski definition) is 2. The van der Waals surface area contributed by atoms with Crippen LogP contribution in [-0.4, -0.2) is 19.0 Å². The summed E-state index contributed by atoms with van der Waals surface area (Å²) < 4.78 is 0. The molecule has 0 fully saturated rings. The molecule has 3 heteroatoms. The summed E-state index contributed by atoms with van der Waals surface area (Å²) >= 11 is 0. The van der Waals surface area contributed by atoms with Crippen LogP contribution in [0.5, 0.6) is 0 Å². The van der Waals surface area contributed by atoms with Crippen molar-refractivity contribution in [2.24, 2.45) is 17.6 Å². The van der Waals surface area contributed by atoms with Crippen molar-refractivity contribution in [2.75, 3.05) is 13.1 Å². The van der Waals surface area contributed by atoms with E-state index in [1.54, 1.807) is 0 Å². The minimum absolute atomic E-state index is 0.0999. The normalized spacial score (nSPS) is 12.9. The van der Waals surface area contributed by atoms with Crippen molar-refractivity contribution in [3.8, 4) is 0 Å². The summed E-state index contributed by atoms with van der Waals surface area (Å²) in [6.45, 7) is 7.79. The summed E-state index contributed by atoms with van der Waals surface area (Å²) in [5.41, 5.74) is 5.41. The summed E-state index contributed by atoms with van der Waals surface area (Å²) in [7, 11) is 0. The van der Waals surface area contributed by atoms with Crippen molar-refractivity contribution in [2.45, 2.75) is 46.5 Å². The third-order valence-corrected chi connectivity index (χ3v) is 3.01. The second-order valence-electron chi connectivity index (χ2n) is 4.26. The number of hydrogen-bond donors (Lipinski definition) is 2. The van der Waals surface area contributed by atoms with Gasteiger partial charge in [-0.25, -0.2) is 0 Å². The average Bonchev–Trinajstić information content (AvgIpc) is 2.26. The van der Waals surface area contributed by atoms with Crippen LogP contribution in [0.4, 0.5) is 0 Å². The Bertz CT molecular complexity index is 167. The summed E-state index contributed by atoms with van der Waals surface area (Å²) in [5.74, 6) is 0.897. The van der Waals surface area contributed by atoms with E-state index in [1.807, 2.05) is 6.92 Å². The van der Waals surface area contributed by atoms with Gasteiger partial charge < -0.3 is 11.1 Å². The van der Waals surface area contributed by atoms with Gasteiger partial charge in [0.15, 0.2) is 0 Å². The van der Waals surface area contributed by atoms with Crippen LogP contribution in [0.2, 0.25) is 0 Å². The van der Waals surface area contributed by atoms with Crippen molar-refractivity contribution in [1.29, 1.82) is 0 Å². The second-order valence-corrected chi connectivity index (χ2v) is 4.26. The SMILES string of the molecule is CCC(CC)CNC(=O)C(C)CCCN. The first-order valence-electron chi connectivity index (χ1n) is 6.13. The van der Waals surface area contributed by atoms with Crippen LogP contribution in [0.25, 0.3) is 0 Å². The van der Waals surface area contributed by atoms with Crippen LogP contribution in [0.15, 0.2) is 0 Å². The molecule has 0 heterocycles. The lowest BCUT2D eigenvalue weighted by Gasteiger charge is -2.16. The Hall–Kier alpha value is -0.570. The van der Waals surface area contributed by atoms with Gasteiger partial charge in [0.1, 0.15) is 0 Å². The van der Waals surface area contributed by atoms with Crippen LogP contribution >= 0.6 is 0 Å². The van der Waals surface area contributed by atoms with Crippen LogP contribution in [0, 0.1) is 11.8 Å². The molecule has 0 aromatic heterocycles. The summed E-state index contributed by atoms with van der Waals surface area (Å²) in [6.07, 6.45) is 4.09. The van der Waals surface area contributed by atoms with E-state index in [0.29, 0.717) is 12.5 Å². The Labute approximate surface area is 93.8 Å². The van der Waals surface area contributed by atoms with Crippen LogP contribution < -0.4 is 11.1 Å². The number of carbonyl (C=O) groups is 1. The Morgan fingerprint density at radius 3 is 2.40 bits per heavy atom. The van der Waals surface area contributed by atoms with Gasteiger partial charge in [-0.15, -0.1) is 0 Å². The Balaban J connectivity index is 3.71. The van der Waals surface area contributed by atoms with E-state index in [-0.39, 0.29) is 11.8 Å². The average molecular weight is 214 g/mol. The lowest BCUT2D eigenvalue weighted by molar-refractivity contribution is -0.124.